The van der Waals surface area contributed by atoms with Gasteiger partial charge in [0.05, 0.1) is 8.69 Å². The van der Waals surface area contributed by atoms with Gasteiger partial charge in [0.2, 0.25) is 0 Å². The number of carbonyl (C=O) groups is 2. The van der Waals surface area contributed by atoms with E-state index in [4.69, 9.17) is 9.46 Å². The van der Waals surface area contributed by atoms with Crippen molar-refractivity contribution < 1.29 is 53.3 Å². The Morgan fingerprint density at radius 3 is 1.64 bits per heavy atom. The first-order valence-electron chi connectivity index (χ1n) is 2.09. The average Bonchev–Trinajstić information content (AvgIpc) is 2.17. The fraction of sp³-hybridized carbons (Fsp3) is 0. The Bertz CT molecular complexity index is 173. The Kier molecular flexibility index (Phi) is 9.89. The van der Waals surface area contributed by atoms with Gasteiger partial charge in [0.1, 0.15) is 0 Å². The van der Waals surface area contributed by atoms with Crippen LogP contribution < -0.4 is 34.5 Å². The van der Waals surface area contributed by atoms with E-state index in [1.165, 1.54) is 0 Å². The standard InChI is InChI=1S/C4H2O3.Na.HO2P/c5-3-1-2-4(6)7-3;;1-3-2/h1-2H;;(H,1,2)/q;+1;/p-1. The molecule has 0 fully saturated rings. The summed E-state index contributed by atoms with van der Waals surface area (Å²) in [5.41, 5.74) is 0. The normalized spacial score (nSPS) is 13.2. The number of cyclic esters (lactones) is 2. The summed E-state index contributed by atoms with van der Waals surface area (Å²) in [7, 11) is -1.08. The molecule has 1 aliphatic heterocycles. The van der Waals surface area contributed by atoms with Crippen LogP contribution in [-0.4, -0.2) is 11.9 Å². The first-order valence-corrected chi connectivity index (χ1v) is 2.82. The number of ether oxygens (including phenoxy) is 1. The third-order valence-electron chi connectivity index (χ3n) is 0.557. The van der Waals surface area contributed by atoms with E-state index in [0.717, 1.165) is 12.2 Å². The number of carbonyl (C=O) groups excluding carboxylic acids is 2. The van der Waals surface area contributed by atoms with Gasteiger partial charge in [0, 0.05) is 12.2 Å². The molecule has 0 aliphatic carbocycles. The van der Waals surface area contributed by atoms with Crippen molar-refractivity contribution >= 4 is 20.6 Å². The van der Waals surface area contributed by atoms with E-state index >= 15 is 0 Å². The minimum Gasteiger partial charge on any atom is -0.772 e. The van der Waals surface area contributed by atoms with Crippen molar-refractivity contribution in [1.29, 1.82) is 0 Å². The topological polar surface area (TPSA) is 83.5 Å². The molecule has 0 N–H and O–H groups in total. The first-order chi connectivity index (χ1) is 4.70. The Hall–Kier alpha value is -0.0600. The molecule has 0 saturated carbocycles. The van der Waals surface area contributed by atoms with Gasteiger partial charge in [-0.15, -0.1) is 0 Å². The van der Waals surface area contributed by atoms with Crippen LogP contribution in [0, 0.1) is 0 Å². The zero-order valence-electron chi connectivity index (χ0n) is 5.64. The molecule has 0 aromatic heterocycles. The van der Waals surface area contributed by atoms with Crippen molar-refractivity contribution in [3.8, 4) is 0 Å². The summed E-state index contributed by atoms with van der Waals surface area (Å²) in [6.45, 7) is 0. The second-order valence-corrected chi connectivity index (χ2v) is 1.30. The molecular weight excluding hydrogens is 182 g/mol. The molecule has 1 rings (SSSR count). The molecule has 1 heterocycles. The molecule has 0 aromatic rings. The van der Waals surface area contributed by atoms with Crippen molar-refractivity contribution in [3.63, 3.8) is 0 Å². The molecule has 1 aliphatic rings. The van der Waals surface area contributed by atoms with Gasteiger partial charge in [0.25, 0.3) is 0 Å². The maximum Gasteiger partial charge on any atom is 1.00 e. The predicted octanol–water partition coefficient (Wildman–Crippen LogP) is -3.82. The molecule has 0 spiro atoms. The fourth-order valence-electron chi connectivity index (χ4n) is 0.303. The van der Waals surface area contributed by atoms with E-state index in [-0.39, 0.29) is 29.6 Å². The maximum atomic E-state index is 9.92. The molecule has 54 valence electrons. The van der Waals surface area contributed by atoms with Crippen molar-refractivity contribution in [3.05, 3.63) is 12.2 Å². The monoisotopic (exact) mass is 184 g/mol. The molecule has 11 heavy (non-hydrogen) atoms. The van der Waals surface area contributed by atoms with E-state index in [1.807, 2.05) is 0 Å². The van der Waals surface area contributed by atoms with Crippen LogP contribution in [0.25, 0.3) is 0 Å². The molecule has 0 amide bonds. The van der Waals surface area contributed by atoms with Crippen LogP contribution in [0.1, 0.15) is 0 Å². The third-order valence-corrected chi connectivity index (χ3v) is 0.557. The van der Waals surface area contributed by atoms with Gasteiger partial charge in [-0.25, -0.2) is 9.59 Å². The van der Waals surface area contributed by atoms with Crippen LogP contribution in [0.4, 0.5) is 0 Å². The molecule has 5 nitrogen and oxygen atoms in total. The van der Waals surface area contributed by atoms with Crippen molar-refractivity contribution in [1.82, 2.24) is 0 Å². The molecular formula is C4H2NaO5P. The van der Waals surface area contributed by atoms with Gasteiger partial charge in [-0.1, -0.05) is 0 Å². The average molecular weight is 184 g/mol. The summed E-state index contributed by atoms with van der Waals surface area (Å²) < 4.78 is 12.3. The van der Waals surface area contributed by atoms with E-state index in [9.17, 15) is 9.59 Å². The Balaban J connectivity index is 0. The summed E-state index contributed by atoms with van der Waals surface area (Å²) >= 11 is 0. The second-order valence-electron chi connectivity index (χ2n) is 1.15. The van der Waals surface area contributed by atoms with E-state index in [1.54, 1.807) is 0 Å². The van der Waals surface area contributed by atoms with Crippen LogP contribution in [0.3, 0.4) is 0 Å². The third kappa shape index (κ3) is 7.84. The Morgan fingerprint density at radius 1 is 1.27 bits per heavy atom. The predicted molar refractivity (Wildman–Crippen MR) is 27.8 cm³/mol. The molecule has 0 aromatic carbocycles. The number of hydrogen-bond donors (Lipinski definition) is 0. The SMILES string of the molecule is O=C1C=CC(=O)O1.O=P[O-].[Na+]. The number of rotatable bonds is 0. The van der Waals surface area contributed by atoms with Gasteiger partial charge >= 0.3 is 41.5 Å². The quantitative estimate of drug-likeness (QED) is 0.167. The van der Waals surface area contributed by atoms with Crippen LogP contribution >= 0.6 is 8.69 Å². The molecule has 7 heteroatoms. The smallest absolute Gasteiger partial charge is 0.772 e. The van der Waals surface area contributed by atoms with Gasteiger partial charge in [-0.05, 0) is 0 Å². The van der Waals surface area contributed by atoms with E-state index in [2.05, 4.69) is 4.74 Å². The van der Waals surface area contributed by atoms with E-state index < -0.39 is 20.6 Å². The maximum absolute atomic E-state index is 9.92. The Labute approximate surface area is 86.0 Å². The van der Waals surface area contributed by atoms with Crippen molar-refractivity contribution in [2.24, 2.45) is 0 Å². The van der Waals surface area contributed by atoms with Gasteiger partial charge < -0.3 is 9.63 Å². The molecule has 0 saturated heterocycles. The van der Waals surface area contributed by atoms with Crippen molar-refractivity contribution in [2.75, 3.05) is 0 Å². The minimum absolute atomic E-state index is 0. The summed E-state index contributed by atoms with van der Waals surface area (Å²) in [4.78, 5) is 28.2. The summed E-state index contributed by atoms with van der Waals surface area (Å²) in [6, 6.07) is 0. The van der Waals surface area contributed by atoms with Gasteiger partial charge in [-0.2, -0.15) is 0 Å². The number of hydrogen-bond acceptors (Lipinski definition) is 5. The summed E-state index contributed by atoms with van der Waals surface area (Å²) in [6.07, 6.45) is 2.17. The van der Waals surface area contributed by atoms with Crippen molar-refractivity contribution in [2.45, 2.75) is 0 Å². The van der Waals surface area contributed by atoms with E-state index in [0.29, 0.717) is 0 Å². The van der Waals surface area contributed by atoms with Crippen LogP contribution in [0.15, 0.2) is 12.2 Å². The molecule has 0 radical (unpaired) electrons. The molecule has 0 unspecified atom stereocenters. The summed E-state index contributed by atoms with van der Waals surface area (Å²) in [5, 5.41) is 0. The largest absolute Gasteiger partial charge is 1.00 e. The van der Waals surface area contributed by atoms with Crippen LogP contribution in [0.5, 0.6) is 0 Å². The fourth-order valence-corrected chi connectivity index (χ4v) is 0.303. The summed E-state index contributed by atoms with van der Waals surface area (Å²) in [5.74, 6) is -1.16. The van der Waals surface area contributed by atoms with Crippen LogP contribution in [-0.2, 0) is 18.9 Å². The molecule has 0 bridgehead atoms. The molecule has 0 atom stereocenters. The second kappa shape index (κ2) is 8.04. The zero-order chi connectivity index (χ0) is 7.98. The van der Waals surface area contributed by atoms with Gasteiger partial charge in [0.15, 0.2) is 0 Å². The first kappa shape index (κ1) is 13.5. The minimum atomic E-state index is -1.08. The number of esters is 2. The Morgan fingerprint density at radius 2 is 1.55 bits per heavy atom. The van der Waals surface area contributed by atoms with Crippen LogP contribution in [0.2, 0.25) is 0 Å². The van der Waals surface area contributed by atoms with Gasteiger partial charge in [-0.3, -0.25) is 4.57 Å². The zero-order valence-corrected chi connectivity index (χ0v) is 8.54.